The Bertz CT molecular complexity index is 115. The Hall–Kier alpha value is 0.270. The van der Waals surface area contributed by atoms with Gasteiger partial charge < -0.3 is 9.47 Å². The summed E-state index contributed by atoms with van der Waals surface area (Å²) in [4.78, 5) is 0. The van der Waals surface area contributed by atoms with Crippen LogP contribution in [0.25, 0.3) is 0 Å². The van der Waals surface area contributed by atoms with Crippen LogP contribution in [0.2, 0.25) is 0 Å². The lowest BCUT2D eigenvalue weighted by molar-refractivity contribution is -0.0196. The second-order valence-corrected chi connectivity index (χ2v) is 4.22. The van der Waals surface area contributed by atoms with Gasteiger partial charge in [-0.25, -0.2) is 0 Å². The molecule has 0 bridgehead atoms. The van der Waals surface area contributed by atoms with E-state index in [1.54, 1.807) is 7.11 Å². The van der Waals surface area contributed by atoms with E-state index in [1.807, 2.05) is 6.92 Å². The summed E-state index contributed by atoms with van der Waals surface area (Å²) >= 11 is 4.24. The predicted molar refractivity (Wildman–Crippen MR) is 54.9 cm³/mol. The average molecular weight is 192 g/mol. The molecule has 0 aliphatic heterocycles. The first kappa shape index (κ1) is 12.3. The molecule has 1 atom stereocenters. The summed E-state index contributed by atoms with van der Waals surface area (Å²) in [6, 6.07) is 0. The Kier molecular flexibility index (Phi) is 5.97. The molecular formula is C9H20O2S. The molecule has 0 radical (unpaired) electrons. The topological polar surface area (TPSA) is 18.5 Å². The molecule has 0 rings (SSSR count). The van der Waals surface area contributed by atoms with E-state index in [2.05, 4.69) is 26.5 Å². The van der Waals surface area contributed by atoms with Gasteiger partial charge in [-0.3, -0.25) is 0 Å². The molecule has 0 heterocycles. The molecule has 0 aromatic rings. The summed E-state index contributed by atoms with van der Waals surface area (Å²) in [6.07, 6.45) is 0.175. The van der Waals surface area contributed by atoms with Crippen LogP contribution < -0.4 is 0 Å². The Labute approximate surface area is 81.0 Å². The second kappa shape index (κ2) is 5.84. The Morgan fingerprint density at radius 3 is 2.42 bits per heavy atom. The summed E-state index contributed by atoms with van der Waals surface area (Å²) < 4.78 is 10.5. The van der Waals surface area contributed by atoms with Crippen LogP contribution >= 0.6 is 12.6 Å². The maximum Gasteiger partial charge on any atom is 0.0780 e. The maximum atomic E-state index is 5.56. The first-order valence-corrected chi connectivity index (χ1v) is 4.86. The first-order chi connectivity index (χ1) is 5.52. The molecule has 0 aromatic carbocycles. The maximum absolute atomic E-state index is 5.56. The smallest absolute Gasteiger partial charge is 0.0780 e. The van der Waals surface area contributed by atoms with Gasteiger partial charge in [0.2, 0.25) is 0 Å². The lowest BCUT2D eigenvalue weighted by Gasteiger charge is -2.24. The number of hydrogen-bond acceptors (Lipinski definition) is 3. The summed E-state index contributed by atoms with van der Waals surface area (Å²) in [5.74, 6) is 0.840. The molecule has 0 saturated carbocycles. The van der Waals surface area contributed by atoms with E-state index in [1.165, 1.54) is 0 Å². The van der Waals surface area contributed by atoms with E-state index in [-0.39, 0.29) is 11.5 Å². The average Bonchev–Trinajstić information content (AvgIpc) is 2.02. The van der Waals surface area contributed by atoms with E-state index in [9.17, 15) is 0 Å². The summed E-state index contributed by atoms with van der Waals surface area (Å²) in [6.45, 7) is 7.68. The minimum atomic E-state index is 0.158. The molecule has 0 fully saturated rings. The number of rotatable bonds is 6. The molecule has 0 N–H and O–H groups in total. The third kappa shape index (κ3) is 5.86. The van der Waals surface area contributed by atoms with E-state index >= 15 is 0 Å². The van der Waals surface area contributed by atoms with Crippen molar-refractivity contribution < 1.29 is 9.47 Å². The van der Waals surface area contributed by atoms with Crippen LogP contribution in [0.5, 0.6) is 0 Å². The van der Waals surface area contributed by atoms with Gasteiger partial charge in [0, 0.05) is 7.11 Å². The monoisotopic (exact) mass is 192 g/mol. The standard InChI is InChI=1S/C9H20O2S/c1-8(5-10-4)11-6-9(2,3)7-12/h8,12H,5-7H2,1-4H3. The molecule has 3 heteroatoms. The number of ether oxygens (including phenoxy) is 2. The SMILES string of the molecule is COCC(C)OCC(C)(C)CS. The lowest BCUT2D eigenvalue weighted by atomic mass is 9.98. The molecule has 0 spiro atoms. The van der Waals surface area contributed by atoms with Gasteiger partial charge in [0.1, 0.15) is 0 Å². The highest BCUT2D eigenvalue weighted by molar-refractivity contribution is 7.80. The van der Waals surface area contributed by atoms with Crippen molar-refractivity contribution in [2.24, 2.45) is 5.41 Å². The fraction of sp³-hybridized carbons (Fsp3) is 1.00. The Balaban J connectivity index is 3.52. The lowest BCUT2D eigenvalue weighted by Crippen LogP contribution is -2.26. The predicted octanol–water partition coefficient (Wildman–Crippen LogP) is 1.99. The van der Waals surface area contributed by atoms with Crippen LogP contribution in [0, 0.1) is 5.41 Å². The zero-order chi connectivity index (χ0) is 9.61. The van der Waals surface area contributed by atoms with Crippen molar-refractivity contribution in [3.63, 3.8) is 0 Å². The van der Waals surface area contributed by atoms with Crippen molar-refractivity contribution in [1.82, 2.24) is 0 Å². The van der Waals surface area contributed by atoms with Crippen molar-refractivity contribution >= 4 is 12.6 Å². The molecule has 1 unspecified atom stereocenters. The van der Waals surface area contributed by atoms with Crippen LogP contribution in [0.15, 0.2) is 0 Å². The van der Waals surface area contributed by atoms with E-state index in [0.29, 0.717) is 6.61 Å². The minimum absolute atomic E-state index is 0.158. The van der Waals surface area contributed by atoms with Gasteiger partial charge in [-0.1, -0.05) is 13.8 Å². The van der Waals surface area contributed by atoms with Crippen molar-refractivity contribution in [2.75, 3.05) is 26.1 Å². The van der Waals surface area contributed by atoms with Gasteiger partial charge in [0.05, 0.1) is 19.3 Å². The van der Waals surface area contributed by atoms with Crippen LogP contribution in [0.4, 0.5) is 0 Å². The fourth-order valence-electron chi connectivity index (χ4n) is 0.696. The first-order valence-electron chi connectivity index (χ1n) is 4.23. The second-order valence-electron chi connectivity index (χ2n) is 3.90. The summed E-state index contributed by atoms with van der Waals surface area (Å²) in [5, 5.41) is 0. The minimum Gasteiger partial charge on any atom is -0.382 e. The van der Waals surface area contributed by atoms with Crippen LogP contribution in [-0.4, -0.2) is 32.2 Å². The highest BCUT2D eigenvalue weighted by atomic mass is 32.1. The van der Waals surface area contributed by atoms with Gasteiger partial charge in [0.25, 0.3) is 0 Å². The van der Waals surface area contributed by atoms with Gasteiger partial charge in [-0.05, 0) is 18.1 Å². The highest BCUT2D eigenvalue weighted by Gasteiger charge is 2.17. The van der Waals surface area contributed by atoms with Gasteiger partial charge in [-0.15, -0.1) is 0 Å². The highest BCUT2D eigenvalue weighted by Crippen LogP contribution is 2.17. The van der Waals surface area contributed by atoms with Crippen molar-refractivity contribution in [3.05, 3.63) is 0 Å². The summed E-state index contributed by atoms with van der Waals surface area (Å²) in [5.41, 5.74) is 0.158. The normalized spacial score (nSPS) is 14.8. The van der Waals surface area contributed by atoms with E-state index in [0.717, 1.165) is 12.4 Å². The van der Waals surface area contributed by atoms with Gasteiger partial charge in [0.15, 0.2) is 0 Å². The molecule has 0 saturated heterocycles. The molecule has 2 nitrogen and oxygen atoms in total. The van der Waals surface area contributed by atoms with Crippen molar-refractivity contribution in [2.45, 2.75) is 26.9 Å². The molecular weight excluding hydrogens is 172 g/mol. The molecule has 0 aliphatic rings. The van der Waals surface area contributed by atoms with Crippen LogP contribution in [0.3, 0.4) is 0 Å². The van der Waals surface area contributed by atoms with Crippen LogP contribution in [-0.2, 0) is 9.47 Å². The van der Waals surface area contributed by atoms with Gasteiger partial charge in [-0.2, -0.15) is 12.6 Å². The Morgan fingerprint density at radius 2 is 2.00 bits per heavy atom. The summed E-state index contributed by atoms with van der Waals surface area (Å²) in [7, 11) is 1.68. The van der Waals surface area contributed by atoms with Gasteiger partial charge >= 0.3 is 0 Å². The number of thiol groups is 1. The zero-order valence-corrected chi connectivity index (χ0v) is 9.36. The Morgan fingerprint density at radius 1 is 1.42 bits per heavy atom. The molecule has 74 valence electrons. The molecule has 0 amide bonds. The third-order valence-corrected chi connectivity index (χ3v) is 2.44. The third-order valence-electron chi connectivity index (χ3n) is 1.59. The molecule has 12 heavy (non-hydrogen) atoms. The molecule has 0 aliphatic carbocycles. The van der Waals surface area contributed by atoms with Crippen LogP contribution in [0.1, 0.15) is 20.8 Å². The fourth-order valence-corrected chi connectivity index (χ4v) is 0.788. The van der Waals surface area contributed by atoms with Crippen molar-refractivity contribution in [3.8, 4) is 0 Å². The van der Waals surface area contributed by atoms with Crippen molar-refractivity contribution in [1.29, 1.82) is 0 Å². The quantitative estimate of drug-likeness (QED) is 0.649. The van der Waals surface area contributed by atoms with E-state index in [4.69, 9.17) is 9.47 Å². The largest absolute Gasteiger partial charge is 0.382 e. The number of hydrogen-bond donors (Lipinski definition) is 1. The zero-order valence-electron chi connectivity index (χ0n) is 8.46. The number of methoxy groups -OCH3 is 1. The van der Waals surface area contributed by atoms with E-state index < -0.39 is 0 Å². The molecule has 0 aromatic heterocycles.